The number of fused-ring (bicyclic) bond motifs is 2. The summed E-state index contributed by atoms with van der Waals surface area (Å²) in [6.07, 6.45) is 2.46. The fourth-order valence-electron chi connectivity index (χ4n) is 3.31. The Labute approximate surface area is 153 Å². The molecule has 3 aromatic carbocycles. The van der Waals surface area contributed by atoms with Gasteiger partial charge in [-0.3, -0.25) is 0 Å². The molecule has 0 heteroatoms. The predicted molar refractivity (Wildman–Crippen MR) is 113 cm³/mol. The highest BCUT2D eigenvalue weighted by Gasteiger charge is 2.11. The van der Waals surface area contributed by atoms with Crippen LogP contribution in [0.3, 0.4) is 0 Å². The van der Waals surface area contributed by atoms with Gasteiger partial charge in [-0.2, -0.15) is 0 Å². The Hall–Kier alpha value is -2.34. The van der Waals surface area contributed by atoms with Gasteiger partial charge >= 0.3 is 0 Å². The molecule has 0 heterocycles. The van der Waals surface area contributed by atoms with Crippen molar-refractivity contribution in [3.63, 3.8) is 0 Å². The molecule has 0 aromatic heterocycles. The first-order chi connectivity index (χ1) is 11.6. The molecule has 25 heavy (non-hydrogen) atoms. The standard InChI is InChI=1S/C12H12.C12H14.CH4/c1-9-7-11-5-3-4-6-12(11)8-10(9)2;1-9-7-8-11-5-3-4-6-12(11)10(9)2;/h3-8H,1-2H3;3-6H,7-8H2,1-2H3;1H4. The fourth-order valence-corrected chi connectivity index (χ4v) is 3.31. The molecular formula is C25H30. The van der Waals surface area contributed by atoms with Gasteiger partial charge in [-0.25, -0.2) is 0 Å². The zero-order valence-corrected chi connectivity index (χ0v) is 15.2. The molecule has 0 unspecified atom stereocenters. The van der Waals surface area contributed by atoms with Crippen LogP contribution >= 0.6 is 0 Å². The van der Waals surface area contributed by atoms with Gasteiger partial charge in [-0.1, -0.05) is 73.7 Å². The van der Waals surface area contributed by atoms with Crippen molar-refractivity contribution in [1.82, 2.24) is 0 Å². The van der Waals surface area contributed by atoms with Crippen molar-refractivity contribution in [2.45, 2.75) is 48.0 Å². The highest BCUT2D eigenvalue weighted by Crippen LogP contribution is 2.30. The summed E-state index contributed by atoms with van der Waals surface area (Å²) in [4.78, 5) is 0. The van der Waals surface area contributed by atoms with Crippen LogP contribution in [0, 0.1) is 13.8 Å². The van der Waals surface area contributed by atoms with Gasteiger partial charge in [0.25, 0.3) is 0 Å². The van der Waals surface area contributed by atoms with E-state index in [-0.39, 0.29) is 7.43 Å². The smallest absolute Gasteiger partial charge is 0.0181 e. The van der Waals surface area contributed by atoms with Crippen molar-refractivity contribution in [3.8, 4) is 0 Å². The molecule has 0 nitrogen and oxygen atoms in total. The minimum absolute atomic E-state index is 0. The van der Waals surface area contributed by atoms with Crippen molar-refractivity contribution >= 4 is 16.3 Å². The lowest BCUT2D eigenvalue weighted by atomic mass is 9.87. The second-order valence-corrected chi connectivity index (χ2v) is 6.85. The van der Waals surface area contributed by atoms with Crippen LogP contribution in [0.1, 0.15) is 49.9 Å². The predicted octanol–water partition coefficient (Wildman–Crippen LogP) is 7.52. The fraction of sp³-hybridized carbons (Fsp3) is 0.280. The lowest BCUT2D eigenvalue weighted by Crippen LogP contribution is -2.00. The Bertz CT molecular complexity index is 856. The van der Waals surface area contributed by atoms with E-state index in [4.69, 9.17) is 0 Å². The third kappa shape index (κ3) is 4.20. The SMILES string of the molecule is C.CC1=C(C)c2ccccc2CC1.Cc1cc2ccccc2cc1C. The first-order valence-corrected chi connectivity index (χ1v) is 8.77. The summed E-state index contributed by atoms with van der Waals surface area (Å²) in [5.41, 5.74) is 8.75. The molecule has 0 aliphatic heterocycles. The summed E-state index contributed by atoms with van der Waals surface area (Å²) >= 11 is 0. The Morgan fingerprint density at radius 1 is 0.640 bits per heavy atom. The third-order valence-electron chi connectivity index (χ3n) is 5.19. The average molecular weight is 331 g/mol. The molecule has 0 amide bonds. The molecule has 130 valence electrons. The molecule has 1 aliphatic carbocycles. The molecule has 0 atom stereocenters. The van der Waals surface area contributed by atoms with E-state index in [1.807, 2.05) is 0 Å². The maximum atomic E-state index is 2.24. The second-order valence-electron chi connectivity index (χ2n) is 6.85. The first-order valence-electron chi connectivity index (χ1n) is 8.77. The van der Waals surface area contributed by atoms with Crippen LogP contribution in [-0.4, -0.2) is 0 Å². The van der Waals surface area contributed by atoms with Crippen LogP contribution in [0.2, 0.25) is 0 Å². The Morgan fingerprint density at radius 3 is 1.76 bits per heavy atom. The van der Waals surface area contributed by atoms with E-state index in [0.717, 1.165) is 0 Å². The molecule has 3 aromatic rings. The Kier molecular flexibility index (Phi) is 6.20. The summed E-state index contributed by atoms with van der Waals surface area (Å²) in [6, 6.07) is 21.7. The highest BCUT2D eigenvalue weighted by atomic mass is 14.2. The monoisotopic (exact) mass is 330 g/mol. The van der Waals surface area contributed by atoms with E-state index in [0.29, 0.717) is 0 Å². The maximum absolute atomic E-state index is 2.24. The maximum Gasteiger partial charge on any atom is -0.0181 e. The zero-order chi connectivity index (χ0) is 17.1. The van der Waals surface area contributed by atoms with Gasteiger partial charge < -0.3 is 0 Å². The molecule has 0 bridgehead atoms. The minimum atomic E-state index is 0. The van der Waals surface area contributed by atoms with Gasteiger partial charge in [-0.15, -0.1) is 0 Å². The van der Waals surface area contributed by atoms with E-state index in [9.17, 15) is 0 Å². The third-order valence-corrected chi connectivity index (χ3v) is 5.19. The van der Waals surface area contributed by atoms with Gasteiger partial charge in [0, 0.05) is 0 Å². The second kappa shape index (κ2) is 8.16. The van der Waals surface area contributed by atoms with E-state index >= 15 is 0 Å². The minimum Gasteiger partial charge on any atom is -0.0776 e. The summed E-state index contributed by atoms with van der Waals surface area (Å²) in [7, 11) is 0. The van der Waals surface area contributed by atoms with Crippen LogP contribution in [0.4, 0.5) is 0 Å². The highest BCUT2D eigenvalue weighted by molar-refractivity contribution is 5.83. The van der Waals surface area contributed by atoms with Crippen molar-refractivity contribution in [3.05, 3.63) is 88.5 Å². The number of aryl methyl sites for hydroxylation is 3. The summed E-state index contributed by atoms with van der Waals surface area (Å²) in [5, 5.41) is 2.67. The normalized spacial score (nSPS) is 12.8. The molecule has 4 rings (SSSR count). The molecule has 1 aliphatic rings. The summed E-state index contributed by atoms with van der Waals surface area (Å²) in [5.74, 6) is 0. The van der Waals surface area contributed by atoms with E-state index in [1.54, 1.807) is 5.57 Å². The number of rotatable bonds is 0. The van der Waals surface area contributed by atoms with E-state index in [2.05, 4.69) is 88.4 Å². The average Bonchev–Trinajstić information content (AvgIpc) is 2.60. The van der Waals surface area contributed by atoms with Crippen LogP contribution in [0.5, 0.6) is 0 Å². The van der Waals surface area contributed by atoms with Crippen LogP contribution in [0.25, 0.3) is 16.3 Å². The summed E-state index contributed by atoms with van der Waals surface area (Å²) < 4.78 is 0. The largest absolute Gasteiger partial charge is 0.0776 e. The van der Waals surface area contributed by atoms with Gasteiger partial charge in [0.1, 0.15) is 0 Å². The van der Waals surface area contributed by atoms with Crippen molar-refractivity contribution < 1.29 is 0 Å². The molecule has 0 saturated carbocycles. The van der Waals surface area contributed by atoms with Crippen molar-refractivity contribution in [2.24, 2.45) is 0 Å². The molecule has 0 radical (unpaired) electrons. The van der Waals surface area contributed by atoms with Crippen molar-refractivity contribution in [1.29, 1.82) is 0 Å². The van der Waals surface area contributed by atoms with Crippen LogP contribution in [-0.2, 0) is 6.42 Å². The molecule has 0 saturated heterocycles. The van der Waals surface area contributed by atoms with E-state index in [1.165, 1.54) is 51.4 Å². The van der Waals surface area contributed by atoms with Crippen LogP contribution in [0.15, 0.2) is 66.2 Å². The Balaban J connectivity index is 0.000000173. The number of allylic oxidation sites excluding steroid dienone is 2. The Morgan fingerprint density at radius 2 is 1.16 bits per heavy atom. The molecule has 0 spiro atoms. The molecular weight excluding hydrogens is 300 g/mol. The summed E-state index contributed by atoms with van der Waals surface area (Å²) in [6.45, 7) is 8.78. The van der Waals surface area contributed by atoms with Gasteiger partial charge in [0.05, 0.1) is 0 Å². The quantitative estimate of drug-likeness (QED) is 0.400. The number of benzene rings is 3. The lowest BCUT2D eigenvalue weighted by molar-refractivity contribution is 0.916. The van der Waals surface area contributed by atoms with Crippen LogP contribution < -0.4 is 0 Å². The number of hydrogen-bond donors (Lipinski definition) is 0. The molecule has 0 fully saturated rings. The van der Waals surface area contributed by atoms with Gasteiger partial charge in [-0.05, 0) is 79.1 Å². The van der Waals surface area contributed by atoms with Gasteiger partial charge in [0.2, 0.25) is 0 Å². The van der Waals surface area contributed by atoms with E-state index < -0.39 is 0 Å². The molecule has 0 N–H and O–H groups in total. The first kappa shape index (κ1) is 19.0. The lowest BCUT2D eigenvalue weighted by Gasteiger charge is -2.18. The topological polar surface area (TPSA) is 0 Å². The van der Waals surface area contributed by atoms with Gasteiger partial charge in [0.15, 0.2) is 0 Å². The zero-order valence-electron chi connectivity index (χ0n) is 15.2. The number of hydrogen-bond acceptors (Lipinski definition) is 0. The van der Waals surface area contributed by atoms with Crippen molar-refractivity contribution in [2.75, 3.05) is 0 Å².